The number of nitrogens with one attached hydrogen (secondary N) is 2. The zero-order chi connectivity index (χ0) is 16.4. The second-order valence-electron chi connectivity index (χ2n) is 4.03. The second kappa shape index (κ2) is 6.73. The third-order valence-electron chi connectivity index (χ3n) is 2.51. The molecule has 1 aromatic rings. The predicted molar refractivity (Wildman–Crippen MR) is 80.0 cm³/mol. The lowest BCUT2D eigenvalue weighted by Crippen LogP contribution is -2.43. The van der Waals surface area contributed by atoms with Gasteiger partial charge in [0.05, 0.1) is 21.5 Å². The first kappa shape index (κ1) is 17.9. The Hall–Kier alpha value is -1.16. The fraction of sp³-hybridized carbons (Fsp3) is 0.273. The summed E-state index contributed by atoms with van der Waals surface area (Å²) in [5, 5.41) is 11.2. The van der Waals surface area contributed by atoms with Gasteiger partial charge in [-0.05, 0) is 35.0 Å². The highest BCUT2D eigenvalue weighted by Gasteiger charge is 2.24. The zero-order valence-electron chi connectivity index (χ0n) is 11.0. The number of likely N-dealkylation sites (N-methyl/N-ethyl adjacent to an activating group) is 1. The van der Waals surface area contributed by atoms with E-state index in [9.17, 15) is 18.0 Å². The van der Waals surface area contributed by atoms with Crippen LogP contribution in [0.5, 0.6) is 0 Å². The summed E-state index contributed by atoms with van der Waals surface area (Å²) in [5.41, 5.74) is -0.362. The molecule has 0 fully saturated rings. The maximum Gasteiger partial charge on any atom is 0.337 e. The summed E-state index contributed by atoms with van der Waals surface area (Å²) in [4.78, 5) is 22.1. The normalized spacial score (nSPS) is 12.8. The van der Waals surface area contributed by atoms with Crippen LogP contribution < -0.4 is 10.0 Å². The number of sulfonamides is 1. The van der Waals surface area contributed by atoms with E-state index < -0.39 is 27.9 Å². The molecule has 0 aliphatic heterocycles. The monoisotopic (exact) mass is 398 g/mol. The molecule has 0 saturated heterocycles. The summed E-state index contributed by atoms with van der Waals surface area (Å²) < 4.78 is 26.6. The number of carbonyl (C=O) groups excluding carboxylic acids is 1. The van der Waals surface area contributed by atoms with Crippen LogP contribution in [0.4, 0.5) is 0 Å². The van der Waals surface area contributed by atoms with Gasteiger partial charge in [-0.2, -0.15) is 4.72 Å². The van der Waals surface area contributed by atoms with Crippen molar-refractivity contribution in [1.29, 1.82) is 0 Å². The Morgan fingerprint density at radius 1 is 1.38 bits per heavy atom. The summed E-state index contributed by atoms with van der Waals surface area (Å²) in [6.45, 7) is 1.36. The number of hydrogen-bond acceptors (Lipinski definition) is 4. The van der Waals surface area contributed by atoms with E-state index in [2.05, 4.69) is 26.0 Å². The molecule has 1 atom stereocenters. The average Bonchev–Trinajstić information content (AvgIpc) is 2.39. The van der Waals surface area contributed by atoms with Crippen molar-refractivity contribution in [2.45, 2.75) is 17.9 Å². The maximum absolute atomic E-state index is 12.2. The van der Waals surface area contributed by atoms with Crippen molar-refractivity contribution in [3.8, 4) is 0 Å². The average molecular weight is 400 g/mol. The van der Waals surface area contributed by atoms with Gasteiger partial charge in [-0.25, -0.2) is 13.2 Å². The first-order valence-corrected chi connectivity index (χ1v) is 8.21. The standard InChI is InChI=1S/C11H12BrClN2O5S/c1-5(10(16)14-2)15-21(19,20)6-3-7(11(17)18)9(13)8(12)4-6/h3-5,15H,1-2H3,(H,14,16)(H,17,18). The molecule has 0 bridgehead atoms. The Morgan fingerprint density at radius 3 is 2.43 bits per heavy atom. The fourth-order valence-corrected chi connectivity index (χ4v) is 3.50. The largest absolute Gasteiger partial charge is 0.478 e. The number of benzene rings is 1. The summed E-state index contributed by atoms with van der Waals surface area (Å²) in [6, 6.07) is 1.07. The molecule has 21 heavy (non-hydrogen) atoms. The van der Waals surface area contributed by atoms with Crippen LogP contribution in [0.2, 0.25) is 5.02 Å². The second-order valence-corrected chi connectivity index (χ2v) is 6.98. The summed E-state index contributed by atoms with van der Waals surface area (Å²) >= 11 is 8.78. The SMILES string of the molecule is CNC(=O)C(C)NS(=O)(=O)c1cc(Br)c(Cl)c(C(=O)O)c1. The van der Waals surface area contributed by atoms with Crippen molar-refractivity contribution >= 4 is 49.4 Å². The number of halogens is 2. The van der Waals surface area contributed by atoms with E-state index in [4.69, 9.17) is 16.7 Å². The highest BCUT2D eigenvalue weighted by molar-refractivity contribution is 9.10. The van der Waals surface area contributed by atoms with Crippen molar-refractivity contribution in [2.24, 2.45) is 0 Å². The molecule has 0 saturated carbocycles. The molecule has 1 unspecified atom stereocenters. The third-order valence-corrected chi connectivity index (χ3v) is 5.30. The van der Waals surface area contributed by atoms with E-state index in [0.717, 1.165) is 12.1 Å². The topological polar surface area (TPSA) is 113 Å². The summed E-state index contributed by atoms with van der Waals surface area (Å²) in [7, 11) is -2.70. The van der Waals surface area contributed by atoms with Gasteiger partial charge in [-0.1, -0.05) is 11.6 Å². The lowest BCUT2D eigenvalue weighted by Gasteiger charge is -2.14. The number of carbonyl (C=O) groups is 2. The van der Waals surface area contributed by atoms with Crippen LogP contribution in [-0.2, 0) is 14.8 Å². The van der Waals surface area contributed by atoms with Crippen LogP contribution in [0.1, 0.15) is 17.3 Å². The molecule has 10 heteroatoms. The fourth-order valence-electron chi connectivity index (χ4n) is 1.45. The Kier molecular flexibility index (Phi) is 5.74. The van der Waals surface area contributed by atoms with Crippen molar-refractivity contribution in [3.63, 3.8) is 0 Å². The van der Waals surface area contributed by atoms with Crippen LogP contribution in [0.25, 0.3) is 0 Å². The molecule has 0 aliphatic carbocycles. The quantitative estimate of drug-likeness (QED) is 0.689. The van der Waals surface area contributed by atoms with Gasteiger partial charge in [-0.3, -0.25) is 4.79 Å². The number of carboxylic acid groups (broad SMARTS) is 1. The molecule has 0 spiro atoms. The van der Waals surface area contributed by atoms with E-state index in [0.29, 0.717) is 0 Å². The van der Waals surface area contributed by atoms with Gasteiger partial charge in [0.25, 0.3) is 0 Å². The number of hydrogen-bond donors (Lipinski definition) is 3. The molecular formula is C11H12BrClN2O5S. The first-order chi connectivity index (χ1) is 9.60. The Labute approximate surface area is 134 Å². The van der Waals surface area contributed by atoms with Crippen LogP contribution >= 0.6 is 27.5 Å². The molecule has 7 nitrogen and oxygen atoms in total. The van der Waals surface area contributed by atoms with Crippen molar-refractivity contribution in [3.05, 3.63) is 27.2 Å². The lowest BCUT2D eigenvalue weighted by molar-refractivity contribution is -0.121. The molecule has 1 rings (SSSR count). The van der Waals surface area contributed by atoms with E-state index in [1.807, 2.05) is 0 Å². The highest BCUT2D eigenvalue weighted by Crippen LogP contribution is 2.30. The van der Waals surface area contributed by atoms with Gasteiger partial charge in [-0.15, -0.1) is 0 Å². The number of carboxylic acids is 1. The Bertz CT molecular complexity index is 692. The van der Waals surface area contributed by atoms with E-state index in [1.165, 1.54) is 14.0 Å². The molecule has 116 valence electrons. The molecule has 0 radical (unpaired) electrons. The molecule has 0 aromatic heterocycles. The highest BCUT2D eigenvalue weighted by atomic mass is 79.9. The van der Waals surface area contributed by atoms with E-state index >= 15 is 0 Å². The predicted octanol–water partition coefficient (Wildman–Crippen LogP) is 1.21. The first-order valence-electron chi connectivity index (χ1n) is 5.56. The molecular weight excluding hydrogens is 388 g/mol. The Balaban J connectivity index is 3.27. The van der Waals surface area contributed by atoms with Crippen molar-refractivity contribution in [2.75, 3.05) is 7.05 Å². The van der Waals surface area contributed by atoms with E-state index in [1.54, 1.807) is 0 Å². The molecule has 0 heterocycles. The van der Waals surface area contributed by atoms with Crippen LogP contribution in [0, 0.1) is 0 Å². The smallest absolute Gasteiger partial charge is 0.337 e. The number of rotatable bonds is 5. The lowest BCUT2D eigenvalue weighted by atomic mass is 10.2. The minimum atomic E-state index is -4.07. The van der Waals surface area contributed by atoms with Gasteiger partial charge in [0.2, 0.25) is 15.9 Å². The minimum Gasteiger partial charge on any atom is -0.478 e. The summed E-state index contributed by atoms with van der Waals surface area (Å²) in [5.74, 6) is -1.89. The van der Waals surface area contributed by atoms with Crippen LogP contribution in [0.15, 0.2) is 21.5 Å². The molecule has 3 N–H and O–H groups in total. The molecule has 0 aliphatic rings. The minimum absolute atomic E-state index is 0.110. The molecule has 1 aromatic carbocycles. The zero-order valence-corrected chi connectivity index (χ0v) is 14.1. The van der Waals surface area contributed by atoms with Gasteiger partial charge in [0.1, 0.15) is 0 Å². The Morgan fingerprint density at radius 2 is 1.95 bits per heavy atom. The van der Waals surface area contributed by atoms with E-state index in [-0.39, 0.29) is 20.0 Å². The van der Waals surface area contributed by atoms with Crippen molar-refractivity contribution in [1.82, 2.24) is 10.0 Å². The van der Waals surface area contributed by atoms with Gasteiger partial charge in [0, 0.05) is 11.5 Å². The van der Waals surface area contributed by atoms with Gasteiger partial charge >= 0.3 is 5.97 Å². The maximum atomic E-state index is 12.2. The van der Waals surface area contributed by atoms with Gasteiger partial charge in [0.15, 0.2) is 0 Å². The van der Waals surface area contributed by atoms with Crippen LogP contribution in [-0.4, -0.2) is 38.5 Å². The van der Waals surface area contributed by atoms with Gasteiger partial charge < -0.3 is 10.4 Å². The number of aromatic carboxylic acids is 1. The molecule has 1 amide bonds. The third kappa shape index (κ3) is 4.16. The van der Waals surface area contributed by atoms with Crippen LogP contribution in [0.3, 0.4) is 0 Å². The number of amides is 1. The summed E-state index contributed by atoms with van der Waals surface area (Å²) in [6.07, 6.45) is 0. The van der Waals surface area contributed by atoms with Crippen molar-refractivity contribution < 1.29 is 23.1 Å².